The molecule has 1 saturated heterocycles. The van der Waals surface area contributed by atoms with Crippen molar-refractivity contribution in [3.63, 3.8) is 0 Å². The molecule has 1 aromatic heterocycles. The second-order valence-corrected chi connectivity index (χ2v) is 7.35. The van der Waals surface area contributed by atoms with E-state index in [-0.39, 0.29) is 11.7 Å². The Morgan fingerprint density at radius 1 is 1.15 bits per heavy atom. The molecule has 2 fully saturated rings. The van der Waals surface area contributed by atoms with Gasteiger partial charge in [0.05, 0.1) is 0 Å². The van der Waals surface area contributed by atoms with E-state index in [0.29, 0.717) is 24.6 Å². The number of hydrogen-bond donors (Lipinski definition) is 0. The third-order valence-electron chi connectivity index (χ3n) is 5.37. The van der Waals surface area contributed by atoms with Crippen LogP contribution in [0.4, 0.5) is 8.78 Å². The minimum atomic E-state index is -2.86. The molecular weight excluding hydrogens is 352 g/mol. The van der Waals surface area contributed by atoms with Crippen molar-refractivity contribution in [2.24, 2.45) is 5.92 Å². The topological polar surface area (TPSA) is 47.4 Å². The molecule has 1 amide bonds. The minimum absolute atomic E-state index is 0.0581. The molecule has 0 spiro atoms. The van der Waals surface area contributed by atoms with Gasteiger partial charge in [-0.3, -0.25) is 4.79 Å². The van der Waals surface area contributed by atoms with Gasteiger partial charge in [0, 0.05) is 43.5 Å². The number of halogens is 2. The van der Waals surface area contributed by atoms with Crippen molar-refractivity contribution in [2.75, 3.05) is 13.1 Å². The number of carbonyl (C=O) groups excluding carboxylic acids is 1. The van der Waals surface area contributed by atoms with Gasteiger partial charge in [0.15, 0.2) is 0 Å². The molecule has 0 unspecified atom stereocenters. The first-order valence-electron chi connectivity index (χ1n) is 9.45. The summed E-state index contributed by atoms with van der Waals surface area (Å²) in [6.45, 7) is -0.455. The first kappa shape index (κ1) is 17.9. The fourth-order valence-corrected chi connectivity index (χ4v) is 3.72. The molecule has 5 nitrogen and oxygen atoms in total. The monoisotopic (exact) mass is 375 g/mol. The second kappa shape index (κ2) is 7.66. The van der Waals surface area contributed by atoms with Gasteiger partial charge in [0.2, 0.25) is 0 Å². The quantitative estimate of drug-likeness (QED) is 0.769. The summed E-state index contributed by atoms with van der Waals surface area (Å²) in [5.74, 6) is 2.31. The van der Waals surface area contributed by atoms with Gasteiger partial charge in [-0.05, 0) is 55.9 Å². The van der Waals surface area contributed by atoms with Crippen molar-refractivity contribution in [1.82, 2.24) is 14.5 Å². The lowest BCUT2D eigenvalue weighted by atomic mass is 9.95. The number of alkyl halides is 2. The standard InChI is InChI=1S/C20H23F2N3O2/c21-20(22)27-17-5-3-16(4-6-17)19(26)24-10-7-15(8-11-24)18-23-9-12-25(18)13-14-1-2-14/h3-6,9,12,14-15,20H,1-2,7-8,10-11,13H2. The average Bonchev–Trinajstić information content (AvgIpc) is 3.37. The first-order valence-corrected chi connectivity index (χ1v) is 9.45. The van der Waals surface area contributed by atoms with Crippen molar-refractivity contribution in [3.8, 4) is 5.75 Å². The highest BCUT2D eigenvalue weighted by Crippen LogP contribution is 2.33. The van der Waals surface area contributed by atoms with Crippen LogP contribution in [-0.4, -0.2) is 40.1 Å². The van der Waals surface area contributed by atoms with Crippen molar-refractivity contribution < 1.29 is 18.3 Å². The Bertz CT molecular complexity index is 779. The van der Waals surface area contributed by atoms with E-state index in [1.165, 1.54) is 37.1 Å². The summed E-state index contributed by atoms with van der Waals surface area (Å²) in [7, 11) is 0. The highest BCUT2D eigenvalue weighted by molar-refractivity contribution is 5.94. The predicted molar refractivity (Wildman–Crippen MR) is 95.9 cm³/mol. The van der Waals surface area contributed by atoms with Crippen molar-refractivity contribution >= 4 is 5.91 Å². The van der Waals surface area contributed by atoms with Crippen LogP contribution in [0.5, 0.6) is 5.75 Å². The number of nitrogens with zero attached hydrogens (tertiary/aromatic N) is 3. The van der Waals surface area contributed by atoms with Crippen LogP contribution in [0.2, 0.25) is 0 Å². The van der Waals surface area contributed by atoms with E-state index in [9.17, 15) is 13.6 Å². The molecule has 4 rings (SSSR count). The van der Waals surface area contributed by atoms with Crippen LogP contribution in [0.15, 0.2) is 36.7 Å². The number of amides is 1. The summed E-state index contributed by atoms with van der Waals surface area (Å²) in [4.78, 5) is 19.1. The number of hydrogen-bond acceptors (Lipinski definition) is 3. The van der Waals surface area contributed by atoms with Crippen LogP contribution < -0.4 is 4.74 Å². The lowest BCUT2D eigenvalue weighted by Gasteiger charge is -2.32. The Kier molecular flexibility index (Phi) is 5.09. The Morgan fingerprint density at radius 3 is 2.48 bits per heavy atom. The molecule has 2 aliphatic rings. The van der Waals surface area contributed by atoms with Gasteiger partial charge < -0.3 is 14.2 Å². The number of rotatable bonds is 6. The maximum Gasteiger partial charge on any atom is 0.387 e. The molecule has 0 N–H and O–H groups in total. The molecule has 1 aliphatic heterocycles. The second-order valence-electron chi connectivity index (χ2n) is 7.35. The Balaban J connectivity index is 1.34. The lowest BCUT2D eigenvalue weighted by molar-refractivity contribution is -0.0498. The zero-order valence-electron chi connectivity index (χ0n) is 15.1. The maximum absolute atomic E-state index is 12.7. The summed E-state index contributed by atoms with van der Waals surface area (Å²) < 4.78 is 31.0. The van der Waals surface area contributed by atoms with Gasteiger partial charge in [-0.2, -0.15) is 8.78 Å². The lowest BCUT2D eigenvalue weighted by Crippen LogP contribution is -2.38. The van der Waals surface area contributed by atoms with Gasteiger partial charge in [-0.25, -0.2) is 4.98 Å². The molecule has 0 bridgehead atoms. The zero-order valence-corrected chi connectivity index (χ0v) is 15.1. The number of carbonyl (C=O) groups is 1. The normalized spacial score (nSPS) is 18.1. The summed E-state index contributed by atoms with van der Waals surface area (Å²) in [5.41, 5.74) is 0.491. The molecule has 7 heteroatoms. The molecule has 1 aromatic carbocycles. The molecule has 1 saturated carbocycles. The van der Waals surface area contributed by atoms with E-state index in [4.69, 9.17) is 0 Å². The zero-order chi connectivity index (χ0) is 18.8. The first-order chi connectivity index (χ1) is 13.1. The van der Waals surface area contributed by atoms with Crippen LogP contribution in [0.25, 0.3) is 0 Å². The van der Waals surface area contributed by atoms with Gasteiger partial charge in [0.25, 0.3) is 5.91 Å². The van der Waals surface area contributed by atoms with Crippen molar-refractivity contribution in [1.29, 1.82) is 0 Å². The molecular formula is C20H23F2N3O2. The van der Waals surface area contributed by atoms with Crippen LogP contribution in [0, 0.1) is 5.92 Å². The average molecular weight is 375 g/mol. The Hall–Kier alpha value is -2.44. The summed E-state index contributed by atoms with van der Waals surface area (Å²) in [6.07, 6.45) is 8.34. The fourth-order valence-electron chi connectivity index (χ4n) is 3.72. The van der Waals surface area contributed by atoms with Crippen molar-refractivity contribution in [2.45, 2.75) is 44.8 Å². The van der Waals surface area contributed by atoms with Crippen LogP contribution in [0.1, 0.15) is 47.8 Å². The summed E-state index contributed by atoms with van der Waals surface area (Å²) in [6, 6.07) is 5.88. The van der Waals surface area contributed by atoms with Gasteiger partial charge in [-0.1, -0.05) is 0 Å². The van der Waals surface area contributed by atoms with Crippen LogP contribution in [-0.2, 0) is 6.54 Å². The van der Waals surface area contributed by atoms with E-state index >= 15 is 0 Å². The van der Waals surface area contributed by atoms with Gasteiger partial charge in [-0.15, -0.1) is 0 Å². The van der Waals surface area contributed by atoms with E-state index < -0.39 is 6.61 Å². The Morgan fingerprint density at radius 2 is 1.85 bits per heavy atom. The SMILES string of the molecule is O=C(c1ccc(OC(F)F)cc1)N1CCC(c2nccn2CC2CC2)CC1. The largest absolute Gasteiger partial charge is 0.435 e. The van der Waals surface area contributed by atoms with Crippen LogP contribution >= 0.6 is 0 Å². The minimum Gasteiger partial charge on any atom is -0.435 e. The fraction of sp³-hybridized carbons (Fsp3) is 0.500. The number of likely N-dealkylation sites (tertiary alicyclic amines) is 1. The van der Waals surface area contributed by atoms with Gasteiger partial charge >= 0.3 is 6.61 Å². The van der Waals surface area contributed by atoms with E-state index in [0.717, 1.165) is 31.1 Å². The molecule has 27 heavy (non-hydrogen) atoms. The highest BCUT2D eigenvalue weighted by Gasteiger charge is 2.29. The third kappa shape index (κ3) is 4.28. The van der Waals surface area contributed by atoms with Crippen molar-refractivity contribution in [3.05, 3.63) is 48.0 Å². The predicted octanol–water partition coefficient (Wildman–Crippen LogP) is 3.91. The smallest absolute Gasteiger partial charge is 0.387 e. The number of piperidine rings is 1. The third-order valence-corrected chi connectivity index (χ3v) is 5.37. The molecule has 1 aliphatic carbocycles. The summed E-state index contributed by atoms with van der Waals surface area (Å²) >= 11 is 0. The highest BCUT2D eigenvalue weighted by atomic mass is 19.3. The molecule has 2 heterocycles. The number of aromatic nitrogens is 2. The van der Waals surface area contributed by atoms with E-state index in [2.05, 4.69) is 20.5 Å². The summed E-state index contributed by atoms with van der Waals surface area (Å²) in [5, 5.41) is 0. The molecule has 2 aromatic rings. The van der Waals surface area contributed by atoms with E-state index in [1.807, 2.05) is 11.1 Å². The Labute approximate surface area is 156 Å². The number of ether oxygens (including phenoxy) is 1. The molecule has 0 radical (unpaired) electrons. The van der Waals surface area contributed by atoms with Gasteiger partial charge in [0.1, 0.15) is 11.6 Å². The molecule has 144 valence electrons. The van der Waals surface area contributed by atoms with Crippen LogP contribution in [0.3, 0.4) is 0 Å². The van der Waals surface area contributed by atoms with E-state index in [1.54, 1.807) is 0 Å². The number of benzene rings is 1. The molecule has 0 atom stereocenters. The number of imidazole rings is 1. The maximum atomic E-state index is 12.7.